The van der Waals surface area contributed by atoms with Crippen LogP contribution in [-0.2, 0) is 6.54 Å². The van der Waals surface area contributed by atoms with E-state index in [4.69, 9.17) is 10.5 Å². The molecule has 3 rings (SSSR count). The number of ether oxygens (including phenoxy) is 1. The molecule has 0 saturated heterocycles. The molecule has 0 aliphatic heterocycles. The molecule has 0 radical (unpaired) electrons. The monoisotopic (exact) mass is 266 g/mol. The maximum atomic E-state index is 5.69. The van der Waals surface area contributed by atoms with Gasteiger partial charge in [-0.2, -0.15) is 0 Å². The minimum atomic E-state index is 0.564. The molecule has 102 valence electrons. The molecule has 0 unspecified atom stereocenters. The van der Waals surface area contributed by atoms with E-state index in [9.17, 15) is 0 Å². The number of H-pyrrole nitrogens is 1. The van der Waals surface area contributed by atoms with Crippen LogP contribution in [0.15, 0.2) is 42.5 Å². The van der Waals surface area contributed by atoms with E-state index in [1.54, 1.807) is 7.11 Å². The highest BCUT2D eigenvalue weighted by Crippen LogP contribution is 2.29. The Labute approximate surface area is 118 Å². The number of aromatic nitrogens is 1. The summed E-state index contributed by atoms with van der Waals surface area (Å²) in [6, 6.07) is 14.6. The van der Waals surface area contributed by atoms with Crippen molar-refractivity contribution in [1.82, 2.24) is 4.98 Å². The maximum absolute atomic E-state index is 5.69. The highest BCUT2D eigenvalue weighted by atomic mass is 16.5. The van der Waals surface area contributed by atoms with Crippen LogP contribution in [0.4, 0.5) is 0 Å². The summed E-state index contributed by atoms with van der Waals surface area (Å²) in [7, 11) is 1.70. The lowest BCUT2D eigenvalue weighted by atomic mass is 10.1. The van der Waals surface area contributed by atoms with Crippen molar-refractivity contribution in [2.24, 2.45) is 5.73 Å². The van der Waals surface area contributed by atoms with Gasteiger partial charge in [0.2, 0.25) is 0 Å². The van der Waals surface area contributed by atoms with Gasteiger partial charge in [-0.3, -0.25) is 0 Å². The molecule has 0 saturated carbocycles. The normalized spacial score (nSPS) is 10.9. The lowest BCUT2D eigenvalue weighted by Gasteiger charge is -2.06. The Balaban J connectivity index is 2.09. The van der Waals surface area contributed by atoms with Gasteiger partial charge < -0.3 is 15.5 Å². The third-order valence-corrected chi connectivity index (χ3v) is 3.64. The predicted molar refractivity (Wildman–Crippen MR) is 82.9 cm³/mol. The highest BCUT2D eigenvalue weighted by Gasteiger charge is 2.06. The fourth-order valence-corrected chi connectivity index (χ4v) is 2.45. The van der Waals surface area contributed by atoms with Gasteiger partial charge in [-0.15, -0.1) is 0 Å². The first-order chi connectivity index (χ1) is 9.71. The third-order valence-electron chi connectivity index (χ3n) is 3.64. The Morgan fingerprint density at radius 1 is 1.10 bits per heavy atom. The molecule has 3 N–H and O–H groups in total. The van der Waals surface area contributed by atoms with E-state index in [-0.39, 0.29) is 0 Å². The zero-order valence-corrected chi connectivity index (χ0v) is 11.7. The molecule has 0 amide bonds. The first kappa shape index (κ1) is 12.8. The molecule has 3 nitrogen and oxygen atoms in total. The van der Waals surface area contributed by atoms with Crippen molar-refractivity contribution in [3.63, 3.8) is 0 Å². The van der Waals surface area contributed by atoms with Gasteiger partial charge in [0.1, 0.15) is 5.75 Å². The summed E-state index contributed by atoms with van der Waals surface area (Å²) in [5, 5.41) is 1.18. The van der Waals surface area contributed by atoms with Crippen molar-refractivity contribution in [3.8, 4) is 17.0 Å². The molecule has 0 aliphatic rings. The van der Waals surface area contributed by atoms with E-state index in [0.29, 0.717) is 6.54 Å². The van der Waals surface area contributed by atoms with Crippen LogP contribution in [-0.4, -0.2) is 12.1 Å². The Morgan fingerprint density at radius 2 is 1.95 bits per heavy atom. The fraction of sp³-hybridized carbons (Fsp3) is 0.176. The molecular formula is C17H18N2O. The molecule has 20 heavy (non-hydrogen) atoms. The summed E-state index contributed by atoms with van der Waals surface area (Å²) in [4.78, 5) is 3.44. The van der Waals surface area contributed by atoms with E-state index >= 15 is 0 Å². The number of hydrogen-bond acceptors (Lipinski definition) is 2. The Morgan fingerprint density at radius 3 is 2.70 bits per heavy atom. The van der Waals surface area contributed by atoms with Crippen molar-refractivity contribution in [2.75, 3.05) is 7.11 Å². The van der Waals surface area contributed by atoms with Gasteiger partial charge in [-0.1, -0.05) is 18.2 Å². The lowest BCUT2D eigenvalue weighted by Crippen LogP contribution is -1.94. The summed E-state index contributed by atoms with van der Waals surface area (Å²) in [5.41, 5.74) is 11.3. The molecule has 3 heteroatoms. The van der Waals surface area contributed by atoms with E-state index in [0.717, 1.165) is 33.7 Å². The highest BCUT2D eigenvalue weighted by molar-refractivity contribution is 5.86. The molecule has 1 aromatic heterocycles. The van der Waals surface area contributed by atoms with E-state index in [1.165, 1.54) is 5.39 Å². The van der Waals surface area contributed by atoms with Crippen LogP contribution < -0.4 is 10.5 Å². The zero-order valence-electron chi connectivity index (χ0n) is 11.7. The number of aromatic amines is 1. The molecule has 3 aromatic rings. The van der Waals surface area contributed by atoms with Crippen LogP contribution in [0, 0.1) is 6.92 Å². The second kappa shape index (κ2) is 5.02. The van der Waals surface area contributed by atoms with Gasteiger partial charge >= 0.3 is 0 Å². The minimum absolute atomic E-state index is 0.564. The van der Waals surface area contributed by atoms with Gasteiger partial charge in [-0.25, -0.2) is 0 Å². The summed E-state index contributed by atoms with van der Waals surface area (Å²) in [6.07, 6.45) is 0. The number of benzene rings is 2. The first-order valence-electron chi connectivity index (χ1n) is 6.68. The number of nitrogens with one attached hydrogen (secondary N) is 1. The lowest BCUT2D eigenvalue weighted by molar-refractivity contribution is 0.412. The first-order valence-corrected chi connectivity index (χ1v) is 6.68. The van der Waals surface area contributed by atoms with E-state index < -0.39 is 0 Å². The summed E-state index contributed by atoms with van der Waals surface area (Å²) < 4.78 is 5.39. The van der Waals surface area contributed by atoms with Crippen LogP contribution in [0.1, 0.15) is 11.1 Å². The average Bonchev–Trinajstić information content (AvgIpc) is 2.90. The predicted octanol–water partition coefficient (Wildman–Crippen LogP) is 3.61. The average molecular weight is 266 g/mol. The second-order valence-electron chi connectivity index (χ2n) is 4.99. The number of nitrogens with two attached hydrogens (primary N) is 1. The zero-order chi connectivity index (χ0) is 14.1. The number of rotatable bonds is 3. The molecule has 0 spiro atoms. The van der Waals surface area contributed by atoms with Gasteiger partial charge in [0.25, 0.3) is 0 Å². The molecule has 0 aliphatic carbocycles. The summed E-state index contributed by atoms with van der Waals surface area (Å²) in [5.74, 6) is 0.906. The van der Waals surface area contributed by atoms with Crippen molar-refractivity contribution in [2.45, 2.75) is 13.5 Å². The minimum Gasteiger partial charge on any atom is -0.496 e. The van der Waals surface area contributed by atoms with Crippen molar-refractivity contribution >= 4 is 10.9 Å². The van der Waals surface area contributed by atoms with E-state index in [2.05, 4.69) is 47.4 Å². The van der Waals surface area contributed by atoms with E-state index in [1.807, 2.05) is 6.92 Å². The van der Waals surface area contributed by atoms with Crippen LogP contribution in [0.3, 0.4) is 0 Å². The van der Waals surface area contributed by atoms with Crippen molar-refractivity contribution in [3.05, 3.63) is 53.6 Å². The van der Waals surface area contributed by atoms with Crippen LogP contribution in [0.25, 0.3) is 22.2 Å². The molecule has 0 fully saturated rings. The maximum Gasteiger partial charge on any atom is 0.122 e. The SMILES string of the molecule is COc1cc(-c2cc3cc(CN)ccc3[nH]2)ccc1C. The Hall–Kier alpha value is -2.26. The smallest absolute Gasteiger partial charge is 0.122 e. The standard InChI is InChI=1S/C17H18N2O/c1-11-3-5-13(9-17(11)20-2)16-8-14-7-12(10-18)4-6-15(14)19-16/h3-9,19H,10,18H2,1-2H3. The molecule has 1 heterocycles. The third kappa shape index (κ3) is 2.17. The van der Waals surface area contributed by atoms with Gasteiger partial charge in [0, 0.05) is 28.7 Å². The number of hydrogen-bond donors (Lipinski definition) is 2. The van der Waals surface area contributed by atoms with Crippen LogP contribution in [0.2, 0.25) is 0 Å². The summed E-state index contributed by atoms with van der Waals surface area (Å²) >= 11 is 0. The van der Waals surface area contributed by atoms with Crippen molar-refractivity contribution in [1.29, 1.82) is 0 Å². The van der Waals surface area contributed by atoms with Gasteiger partial charge in [0.05, 0.1) is 7.11 Å². The van der Waals surface area contributed by atoms with Crippen LogP contribution in [0.5, 0.6) is 5.75 Å². The fourth-order valence-electron chi connectivity index (χ4n) is 2.45. The molecular weight excluding hydrogens is 248 g/mol. The largest absolute Gasteiger partial charge is 0.496 e. The Kier molecular flexibility index (Phi) is 3.20. The van der Waals surface area contributed by atoms with Crippen molar-refractivity contribution < 1.29 is 4.74 Å². The molecule has 0 atom stereocenters. The van der Waals surface area contributed by atoms with Gasteiger partial charge in [-0.05, 0) is 42.3 Å². The summed E-state index contributed by atoms with van der Waals surface area (Å²) in [6.45, 7) is 2.61. The quantitative estimate of drug-likeness (QED) is 0.761. The molecule has 2 aromatic carbocycles. The van der Waals surface area contributed by atoms with Gasteiger partial charge in [0.15, 0.2) is 0 Å². The second-order valence-corrected chi connectivity index (χ2v) is 4.99. The van der Waals surface area contributed by atoms with Crippen LogP contribution >= 0.6 is 0 Å². The number of methoxy groups -OCH3 is 1. The topological polar surface area (TPSA) is 51.0 Å². The Bertz CT molecular complexity index is 759. The number of fused-ring (bicyclic) bond motifs is 1. The molecule has 0 bridgehead atoms. The number of aryl methyl sites for hydroxylation is 1.